The van der Waals surface area contributed by atoms with Crippen molar-refractivity contribution in [3.8, 4) is 6.07 Å². The summed E-state index contributed by atoms with van der Waals surface area (Å²) in [6, 6.07) is 7.42. The Bertz CT molecular complexity index is 1440. The Morgan fingerprint density at radius 3 is 2.57 bits per heavy atom. The highest BCUT2D eigenvalue weighted by atomic mass is 35.5. The molecule has 1 unspecified atom stereocenters. The van der Waals surface area contributed by atoms with Gasteiger partial charge in [-0.05, 0) is 82.3 Å². The zero-order valence-corrected chi connectivity index (χ0v) is 25.5. The first-order valence-electron chi connectivity index (χ1n) is 13.8. The van der Waals surface area contributed by atoms with Crippen LogP contribution in [0.3, 0.4) is 0 Å². The van der Waals surface area contributed by atoms with E-state index < -0.39 is 29.3 Å². The molecule has 2 aromatic rings. The Morgan fingerprint density at radius 1 is 1.14 bits per heavy atom. The molecule has 2 heterocycles. The van der Waals surface area contributed by atoms with Crippen LogP contribution in [0.25, 0.3) is 0 Å². The molecule has 0 bridgehead atoms. The molecule has 0 aliphatic carbocycles. The van der Waals surface area contributed by atoms with Gasteiger partial charge in [0.25, 0.3) is 0 Å². The number of nitrogens with zero attached hydrogens (tertiary/aromatic N) is 3. The number of hydrogen-bond donors (Lipinski definition) is 2. The van der Waals surface area contributed by atoms with Gasteiger partial charge >= 0.3 is 6.09 Å². The minimum Gasteiger partial charge on any atom is -0.444 e. The highest BCUT2D eigenvalue weighted by Crippen LogP contribution is 2.37. The predicted octanol–water partition coefficient (Wildman–Crippen LogP) is 6.15. The maximum atomic E-state index is 14.9. The Hall–Kier alpha value is -3.55. The summed E-state index contributed by atoms with van der Waals surface area (Å²) in [5.74, 6) is -1.93. The quantitative estimate of drug-likeness (QED) is 0.416. The van der Waals surface area contributed by atoms with Crippen LogP contribution in [0.4, 0.5) is 20.6 Å². The van der Waals surface area contributed by atoms with Gasteiger partial charge < -0.3 is 25.2 Å². The molecule has 2 aromatic carbocycles. The number of nitriles is 1. The Kier molecular flexibility index (Phi) is 9.53. The fourth-order valence-electron chi connectivity index (χ4n) is 5.34. The third-order valence-electron chi connectivity index (χ3n) is 7.37. The van der Waals surface area contributed by atoms with Gasteiger partial charge in [0.1, 0.15) is 17.5 Å². The third-order valence-corrected chi connectivity index (χ3v) is 7.90. The number of amides is 3. The Labute approximate surface area is 254 Å². The van der Waals surface area contributed by atoms with Crippen LogP contribution in [0.1, 0.15) is 63.3 Å². The standard InChI is InChI=1S/C30H34Cl2FN5O4/c1-17-27-18(10-21(31)12-22(27)32)7-9-38(17)26(39)15-35-25-13-24(20(14-34)11-23(25)33)36-28(40)19-6-5-8-37(16-19)29(41)42-30(2,3)4/h10-13,17,19,35H,5-9,15-16H2,1-4H3,(H,36,40)/t17?,19-/m1/s1. The number of carbonyl (C=O) groups is 3. The van der Waals surface area contributed by atoms with Gasteiger partial charge in [-0.3, -0.25) is 9.59 Å². The second kappa shape index (κ2) is 12.8. The van der Waals surface area contributed by atoms with E-state index in [1.807, 2.05) is 19.1 Å². The zero-order chi connectivity index (χ0) is 30.8. The zero-order valence-electron chi connectivity index (χ0n) is 24.0. The normalized spacial score (nSPS) is 18.5. The van der Waals surface area contributed by atoms with Crippen LogP contribution in [0.2, 0.25) is 10.0 Å². The molecule has 2 atom stereocenters. The van der Waals surface area contributed by atoms with Crippen LogP contribution < -0.4 is 10.6 Å². The van der Waals surface area contributed by atoms with Crippen molar-refractivity contribution in [2.75, 3.05) is 36.8 Å². The minimum absolute atomic E-state index is 0.0356. The fraction of sp³-hybridized carbons (Fsp3) is 0.467. The molecule has 224 valence electrons. The lowest BCUT2D eigenvalue weighted by molar-refractivity contribution is -0.131. The second-order valence-corrected chi connectivity index (χ2v) is 12.4. The number of hydrogen-bond acceptors (Lipinski definition) is 6. The molecule has 0 aromatic heterocycles. The summed E-state index contributed by atoms with van der Waals surface area (Å²) in [6.45, 7) is 8.06. The number of fused-ring (bicyclic) bond motifs is 1. The van der Waals surface area contributed by atoms with E-state index in [9.17, 15) is 24.0 Å². The molecule has 3 amide bonds. The van der Waals surface area contributed by atoms with Gasteiger partial charge in [0.2, 0.25) is 11.8 Å². The summed E-state index contributed by atoms with van der Waals surface area (Å²) in [5, 5.41) is 16.1. The molecule has 42 heavy (non-hydrogen) atoms. The van der Waals surface area contributed by atoms with Crippen molar-refractivity contribution in [3.05, 3.63) is 56.8 Å². The van der Waals surface area contributed by atoms with E-state index in [4.69, 9.17) is 27.9 Å². The third kappa shape index (κ3) is 7.26. The molecule has 2 aliphatic heterocycles. The molecule has 0 radical (unpaired) electrons. The number of ether oxygens (including phenoxy) is 1. The van der Waals surface area contributed by atoms with Crippen LogP contribution in [-0.4, -0.2) is 59.5 Å². The van der Waals surface area contributed by atoms with Crippen LogP contribution in [0, 0.1) is 23.1 Å². The monoisotopic (exact) mass is 617 g/mol. The van der Waals surface area contributed by atoms with Crippen molar-refractivity contribution in [3.63, 3.8) is 0 Å². The number of likely N-dealkylation sites (tertiary alicyclic amines) is 1. The van der Waals surface area contributed by atoms with Crippen LogP contribution in [0.5, 0.6) is 0 Å². The molecule has 0 saturated carbocycles. The number of carbonyl (C=O) groups excluding carboxylic acids is 3. The largest absolute Gasteiger partial charge is 0.444 e. The Morgan fingerprint density at radius 2 is 1.88 bits per heavy atom. The molecule has 1 saturated heterocycles. The van der Waals surface area contributed by atoms with Crippen molar-refractivity contribution in [2.45, 2.75) is 58.6 Å². The SMILES string of the molecule is CC1c2c(Cl)cc(Cl)cc2CCN1C(=O)CNc1cc(NC(=O)[C@@H]2CCCN(C(=O)OC(C)(C)C)C2)c(C#N)cc1F. The highest BCUT2D eigenvalue weighted by molar-refractivity contribution is 6.35. The molecule has 4 rings (SSSR count). The van der Waals surface area contributed by atoms with Gasteiger partial charge in [0, 0.05) is 29.7 Å². The number of nitrogens with one attached hydrogen (secondary N) is 2. The molecule has 1 fully saturated rings. The summed E-state index contributed by atoms with van der Waals surface area (Å²) in [7, 11) is 0. The van der Waals surface area contributed by atoms with E-state index in [0.29, 0.717) is 42.4 Å². The van der Waals surface area contributed by atoms with Crippen molar-refractivity contribution >= 4 is 52.5 Å². The Balaban J connectivity index is 1.43. The minimum atomic E-state index is -0.735. The fourth-order valence-corrected chi connectivity index (χ4v) is 6.03. The van der Waals surface area contributed by atoms with Crippen LogP contribution in [-0.2, 0) is 20.7 Å². The smallest absolute Gasteiger partial charge is 0.410 e. The highest BCUT2D eigenvalue weighted by Gasteiger charge is 2.32. The molecule has 2 N–H and O–H groups in total. The lowest BCUT2D eigenvalue weighted by Gasteiger charge is -2.36. The van der Waals surface area contributed by atoms with E-state index in [-0.39, 0.29) is 42.0 Å². The van der Waals surface area contributed by atoms with Gasteiger partial charge in [0.15, 0.2) is 0 Å². The van der Waals surface area contributed by atoms with Gasteiger partial charge in [-0.15, -0.1) is 0 Å². The van der Waals surface area contributed by atoms with E-state index in [2.05, 4.69) is 10.6 Å². The van der Waals surface area contributed by atoms with Crippen molar-refractivity contribution in [1.29, 1.82) is 5.26 Å². The first-order chi connectivity index (χ1) is 19.8. The number of piperidine rings is 1. The maximum absolute atomic E-state index is 14.9. The van der Waals surface area contributed by atoms with E-state index in [1.54, 1.807) is 31.7 Å². The summed E-state index contributed by atoms with van der Waals surface area (Å²) in [5.41, 5.74) is 1.17. The lowest BCUT2D eigenvalue weighted by Crippen LogP contribution is -2.45. The van der Waals surface area contributed by atoms with Crippen LogP contribution in [0.15, 0.2) is 24.3 Å². The first kappa shape index (κ1) is 31.4. The van der Waals surface area contributed by atoms with Gasteiger partial charge in [-0.25, -0.2) is 9.18 Å². The average Bonchev–Trinajstić information content (AvgIpc) is 2.91. The first-order valence-corrected chi connectivity index (χ1v) is 14.6. The molecule has 0 spiro atoms. The van der Waals surface area contributed by atoms with Crippen molar-refractivity contribution in [2.24, 2.45) is 5.92 Å². The van der Waals surface area contributed by atoms with Gasteiger partial charge in [0.05, 0.1) is 35.4 Å². The molecule has 12 heteroatoms. The lowest BCUT2D eigenvalue weighted by atomic mass is 9.93. The number of benzene rings is 2. The average molecular weight is 619 g/mol. The summed E-state index contributed by atoms with van der Waals surface area (Å²) in [6.07, 6.45) is 1.24. The molecule has 9 nitrogen and oxygen atoms in total. The van der Waals surface area contributed by atoms with Crippen molar-refractivity contribution in [1.82, 2.24) is 9.80 Å². The number of rotatable bonds is 5. The number of halogens is 3. The molecule has 2 aliphatic rings. The molecular weight excluding hydrogens is 584 g/mol. The predicted molar refractivity (Wildman–Crippen MR) is 159 cm³/mol. The van der Waals surface area contributed by atoms with Crippen LogP contribution >= 0.6 is 23.2 Å². The van der Waals surface area contributed by atoms with Crippen molar-refractivity contribution < 1.29 is 23.5 Å². The van der Waals surface area contributed by atoms with E-state index in [0.717, 1.165) is 17.2 Å². The summed E-state index contributed by atoms with van der Waals surface area (Å²) in [4.78, 5) is 42.0. The summed E-state index contributed by atoms with van der Waals surface area (Å²) < 4.78 is 20.3. The van der Waals surface area contributed by atoms with E-state index >= 15 is 0 Å². The maximum Gasteiger partial charge on any atom is 0.410 e. The second-order valence-electron chi connectivity index (χ2n) is 11.6. The topological polar surface area (TPSA) is 115 Å². The van der Waals surface area contributed by atoms with E-state index in [1.165, 1.54) is 11.0 Å². The van der Waals surface area contributed by atoms with Gasteiger partial charge in [-0.2, -0.15) is 5.26 Å². The number of anilines is 2. The summed E-state index contributed by atoms with van der Waals surface area (Å²) >= 11 is 12.6. The van der Waals surface area contributed by atoms with Gasteiger partial charge in [-0.1, -0.05) is 23.2 Å². The molecular formula is C30H34Cl2FN5O4.